The van der Waals surface area contributed by atoms with Crippen LogP contribution in [0.3, 0.4) is 0 Å². The molecule has 1 aromatic carbocycles. The van der Waals surface area contributed by atoms with E-state index in [1.165, 1.54) is 10.8 Å². The molecule has 68 valence electrons. The van der Waals surface area contributed by atoms with E-state index in [0.717, 1.165) is 11.9 Å². The van der Waals surface area contributed by atoms with Crippen LogP contribution in [-0.2, 0) is 5.41 Å². The molecule has 13 heavy (non-hydrogen) atoms. The lowest BCUT2D eigenvalue weighted by Crippen LogP contribution is -2.24. The van der Waals surface area contributed by atoms with Crippen LogP contribution in [-0.4, -0.2) is 6.54 Å². The molecule has 0 saturated carbocycles. The van der Waals surface area contributed by atoms with E-state index in [0.29, 0.717) is 0 Å². The fraction of sp³-hybridized carbons (Fsp3) is 0.417. The van der Waals surface area contributed by atoms with E-state index in [9.17, 15) is 0 Å². The number of nitrogens with zero attached hydrogens (tertiary/aromatic N) is 1. The lowest BCUT2D eigenvalue weighted by molar-refractivity contribution is 0.589. The Balaban J connectivity index is 2.62. The highest BCUT2D eigenvalue weighted by atomic mass is 14.7. The molecule has 1 heterocycles. The van der Waals surface area contributed by atoms with Crippen molar-refractivity contribution in [2.75, 3.05) is 6.54 Å². The van der Waals surface area contributed by atoms with Crippen molar-refractivity contribution in [2.24, 2.45) is 4.99 Å². The van der Waals surface area contributed by atoms with Crippen molar-refractivity contribution >= 4 is 6.08 Å². The topological polar surface area (TPSA) is 12.4 Å². The van der Waals surface area contributed by atoms with Crippen LogP contribution < -0.4 is 10.6 Å². The lowest BCUT2D eigenvalue weighted by Gasteiger charge is -2.18. The molecule has 0 aromatic heterocycles. The number of rotatable bonds is 0. The molecule has 0 N–H and O–H groups in total. The summed E-state index contributed by atoms with van der Waals surface area (Å²) < 4.78 is 0. The summed E-state index contributed by atoms with van der Waals surface area (Å²) in [6.07, 6.45) is 2.19. The van der Waals surface area contributed by atoms with Gasteiger partial charge in [-0.2, -0.15) is 0 Å². The van der Waals surface area contributed by atoms with Crippen molar-refractivity contribution < 1.29 is 0 Å². The SMILES string of the molecule is CC(C)(C)c1ccc2c(c1)=CCN=2. The van der Waals surface area contributed by atoms with E-state index in [4.69, 9.17) is 0 Å². The van der Waals surface area contributed by atoms with Gasteiger partial charge in [-0.05, 0) is 28.3 Å². The molecule has 2 rings (SSSR count). The monoisotopic (exact) mass is 173 g/mol. The Labute approximate surface area is 78.8 Å². The maximum atomic E-state index is 4.37. The Kier molecular flexibility index (Phi) is 1.76. The van der Waals surface area contributed by atoms with Crippen LogP contribution in [0.2, 0.25) is 0 Å². The van der Waals surface area contributed by atoms with Crippen LogP contribution >= 0.6 is 0 Å². The second kappa shape index (κ2) is 2.69. The molecule has 0 atom stereocenters. The number of fused-ring (bicyclic) bond motifs is 1. The molecule has 1 aliphatic rings. The molecule has 0 unspecified atom stereocenters. The van der Waals surface area contributed by atoms with E-state index < -0.39 is 0 Å². The molecule has 0 saturated heterocycles. The van der Waals surface area contributed by atoms with Crippen molar-refractivity contribution in [3.63, 3.8) is 0 Å². The van der Waals surface area contributed by atoms with Gasteiger partial charge in [-0.1, -0.05) is 32.9 Å². The standard InChI is InChI=1S/C12H15N/c1-12(2,3)10-4-5-11-9(8-10)6-7-13-11/h4-6,8H,7H2,1-3H3. The number of hydrogen-bond acceptors (Lipinski definition) is 1. The second-order valence-electron chi connectivity index (χ2n) is 4.57. The van der Waals surface area contributed by atoms with Crippen molar-refractivity contribution in [2.45, 2.75) is 26.2 Å². The molecule has 0 bridgehead atoms. The molecule has 0 aliphatic carbocycles. The first-order valence-corrected chi connectivity index (χ1v) is 4.72. The van der Waals surface area contributed by atoms with Crippen LogP contribution in [0.1, 0.15) is 26.3 Å². The Morgan fingerprint density at radius 2 is 2.00 bits per heavy atom. The highest BCUT2D eigenvalue weighted by molar-refractivity contribution is 5.34. The molecule has 1 aromatic rings. The summed E-state index contributed by atoms with van der Waals surface area (Å²) in [5, 5.41) is 2.44. The van der Waals surface area contributed by atoms with Gasteiger partial charge < -0.3 is 0 Å². The van der Waals surface area contributed by atoms with Gasteiger partial charge >= 0.3 is 0 Å². The van der Waals surface area contributed by atoms with Gasteiger partial charge in [-0.15, -0.1) is 0 Å². The van der Waals surface area contributed by atoms with Crippen molar-refractivity contribution in [3.8, 4) is 0 Å². The summed E-state index contributed by atoms with van der Waals surface area (Å²) in [6, 6.07) is 6.56. The van der Waals surface area contributed by atoms with E-state index in [1.807, 2.05) is 0 Å². The van der Waals surface area contributed by atoms with Gasteiger partial charge in [0.05, 0.1) is 11.9 Å². The van der Waals surface area contributed by atoms with Crippen LogP contribution in [0.5, 0.6) is 0 Å². The van der Waals surface area contributed by atoms with Crippen LogP contribution in [0.4, 0.5) is 0 Å². The first-order valence-electron chi connectivity index (χ1n) is 4.72. The summed E-state index contributed by atoms with van der Waals surface area (Å²) >= 11 is 0. The van der Waals surface area contributed by atoms with Gasteiger partial charge in [0, 0.05) is 0 Å². The summed E-state index contributed by atoms with van der Waals surface area (Å²) in [5.41, 5.74) is 1.63. The predicted octanol–water partition coefficient (Wildman–Crippen LogP) is 1.40. The Morgan fingerprint density at radius 1 is 1.23 bits per heavy atom. The third-order valence-corrected chi connectivity index (χ3v) is 2.47. The first-order chi connectivity index (χ1) is 6.07. The zero-order chi connectivity index (χ0) is 9.47. The van der Waals surface area contributed by atoms with E-state index in [1.54, 1.807) is 0 Å². The van der Waals surface area contributed by atoms with Gasteiger partial charge in [0.25, 0.3) is 0 Å². The maximum Gasteiger partial charge on any atom is 0.0648 e. The minimum absolute atomic E-state index is 0.242. The summed E-state index contributed by atoms with van der Waals surface area (Å²) in [6.45, 7) is 7.56. The first kappa shape index (κ1) is 8.49. The molecule has 1 nitrogen and oxygen atoms in total. The minimum atomic E-state index is 0.242. The van der Waals surface area contributed by atoms with Crippen LogP contribution in [0, 0.1) is 0 Å². The van der Waals surface area contributed by atoms with Crippen LogP contribution in [0.25, 0.3) is 6.08 Å². The molecule has 1 heteroatoms. The molecular weight excluding hydrogens is 158 g/mol. The normalized spacial score (nSPS) is 14.7. The van der Waals surface area contributed by atoms with Crippen molar-refractivity contribution in [3.05, 3.63) is 34.3 Å². The third-order valence-electron chi connectivity index (χ3n) is 2.47. The third kappa shape index (κ3) is 1.51. The molecular formula is C12H15N. The van der Waals surface area contributed by atoms with Gasteiger partial charge in [-0.3, -0.25) is 4.99 Å². The Hall–Kier alpha value is -1.11. The maximum absolute atomic E-state index is 4.37. The zero-order valence-corrected chi connectivity index (χ0v) is 8.46. The molecule has 0 amide bonds. The van der Waals surface area contributed by atoms with Gasteiger partial charge in [0.2, 0.25) is 0 Å². The van der Waals surface area contributed by atoms with Crippen molar-refractivity contribution in [1.82, 2.24) is 0 Å². The quantitative estimate of drug-likeness (QED) is 0.562. The predicted molar refractivity (Wildman–Crippen MR) is 55.3 cm³/mol. The summed E-state index contributed by atoms with van der Waals surface area (Å²) in [4.78, 5) is 4.37. The lowest BCUT2D eigenvalue weighted by atomic mass is 9.87. The fourth-order valence-corrected chi connectivity index (χ4v) is 1.57. The number of benzene rings is 1. The molecule has 0 spiro atoms. The highest BCUT2D eigenvalue weighted by Crippen LogP contribution is 2.19. The van der Waals surface area contributed by atoms with Crippen LogP contribution in [0.15, 0.2) is 23.2 Å². The van der Waals surface area contributed by atoms with Gasteiger partial charge in [0.15, 0.2) is 0 Å². The summed E-state index contributed by atoms with van der Waals surface area (Å²) in [7, 11) is 0. The fourth-order valence-electron chi connectivity index (χ4n) is 1.57. The smallest absolute Gasteiger partial charge is 0.0648 e. The minimum Gasteiger partial charge on any atom is -0.281 e. The average molecular weight is 173 g/mol. The van der Waals surface area contributed by atoms with Gasteiger partial charge in [-0.25, -0.2) is 0 Å². The second-order valence-corrected chi connectivity index (χ2v) is 4.57. The Bertz CT molecular complexity index is 435. The van der Waals surface area contributed by atoms with E-state index in [-0.39, 0.29) is 5.41 Å². The largest absolute Gasteiger partial charge is 0.281 e. The molecule has 0 fully saturated rings. The highest BCUT2D eigenvalue weighted by Gasteiger charge is 2.13. The van der Waals surface area contributed by atoms with E-state index >= 15 is 0 Å². The van der Waals surface area contributed by atoms with E-state index in [2.05, 4.69) is 50.0 Å². The average Bonchev–Trinajstić information content (AvgIpc) is 2.47. The Morgan fingerprint density at radius 3 is 2.69 bits per heavy atom. The molecule has 1 aliphatic heterocycles. The zero-order valence-electron chi connectivity index (χ0n) is 8.46. The molecule has 0 radical (unpaired) electrons. The summed E-state index contributed by atoms with van der Waals surface area (Å²) in [5.74, 6) is 0. The van der Waals surface area contributed by atoms with Gasteiger partial charge in [0.1, 0.15) is 0 Å². The van der Waals surface area contributed by atoms with Crippen molar-refractivity contribution in [1.29, 1.82) is 0 Å². The number of hydrogen-bond donors (Lipinski definition) is 0.